The number of ketones is 1. The van der Waals surface area contributed by atoms with E-state index in [1.807, 2.05) is 0 Å². The minimum atomic E-state index is -1.60. The Morgan fingerprint density at radius 1 is 1.29 bits per heavy atom. The van der Waals surface area contributed by atoms with Crippen LogP contribution in [0.1, 0.15) is 30.1 Å². The maximum absolute atomic E-state index is 13.5. The minimum Gasteiger partial charge on any atom is -0.305 e. The normalized spacial score (nSPS) is 24.0. The number of carbonyl (C=O) groups is 1. The molecule has 1 heterocycles. The summed E-state index contributed by atoms with van der Waals surface area (Å²) in [5, 5.41) is 2.96. The Morgan fingerprint density at radius 3 is 2.59 bits per heavy atom. The largest absolute Gasteiger partial charge is 0.305 e. The summed E-state index contributed by atoms with van der Waals surface area (Å²) >= 11 is 0. The number of carbonyl (C=O) groups excluding carboxylic acids is 1. The van der Waals surface area contributed by atoms with Crippen molar-refractivity contribution in [1.29, 1.82) is 0 Å². The van der Waals surface area contributed by atoms with Crippen LogP contribution in [-0.4, -0.2) is 17.9 Å². The van der Waals surface area contributed by atoms with Gasteiger partial charge in [0.15, 0.2) is 23.2 Å². The van der Waals surface area contributed by atoms with Crippen LogP contribution in [0.5, 0.6) is 0 Å². The number of benzene rings is 1. The zero-order valence-electron chi connectivity index (χ0n) is 9.32. The molecule has 1 atom stereocenters. The highest BCUT2D eigenvalue weighted by Crippen LogP contribution is 2.26. The van der Waals surface area contributed by atoms with Gasteiger partial charge in [-0.15, -0.1) is 0 Å². The molecule has 0 bridgehead atoms. The molecular weight excluding hydrogens is 231 g/mol. The Hall–Kier alpha value is -1.36. The van der Waals surface area contributed by atoms with Gasteiger partial charge in [0.05, 0.1) is 11.1 Å². The summed E-state index contributed by atoms with van der Waals surface area (Å²) in [4.78, 5) is 12.1. The third-order valence-corrected chi connectivity index (χ3v) is 3.15. The van der Waals surface area contributed by atoms with Gasteiger partial charge in [-0.25, -0.2) is 13.2 Å². The summed E-state index contributed by atoms with van der Waals surface area (Å²) in [5.41, 5.74) is -1.29. The topological polar surface area (TPSA) is 29.1 Å². The van der Waals surface area contributed by atoms with E-state index >= 15 is 0 Å². The van der Waals surface area contributed by atoms with Gasteiger partial charge in [0.25, 0.3) is 0 Å². The Morgan fingerprint density at radius 2 is 2.00 bits per heavy atom. The van der Waals surface area contributed by atoms with Crippen LogP contribution < -0.4 is 5.32 Å². The summed E-state index contributed by atoms with van der Waals surface area (Å²) < 4.78 is 39.3. The summed E-state index contributed by atoms with van der Waals surface area (Å²) in [7, 11) is 0. The van der Waals surface area contributed by atoms with E-state index in [2.05, 4.69) is 5.32 Å². The third kappa shape index (κ3) is 1.95. The van der Waals surface area contributed by atoms with Crippen LogP contribution in [0.25, 0.3) is 0 Å². The van der Waals surface area contributed by atoms with E-state index in [0.29, 0.717) is 13.0 Å². The van der Waals surface area contributed by atoms with Crippen molar-refractivity contribution in [3.8, 4) is 0 Å². The van der Waals surface area contributed by atoms with Crippen molar-refractivity contribution >= 4 is 5.78 Å². The van der Waals surface area contributed by atoms with E-state index in [-0.39, 0.29) is 0 Å². The fraction of sp³-hybridized carbons (Fsp3) is 0.417. The maximum atomic E-state index is 13.5. The van der Waals surface area contributed by atoms with Crippen molar-refractivity contribution in [3.63, 3.8) is 0 Å². The van der Waals surface area contributed by atoms with E-state index in [1.54, 1.807) is 6.92 Å². The monoisotopic (exact) mass is 243 g/mol. The lowest BCUT2D eigenvalue weighted by Gasteiger charge is -2.22. The quantitative estimate of drug-likeness (QED) is 0.638. The predicted octanol–water partition coefficient (Wildman–Crippen LogP) is 2.43. The van der Waals surface area contributed by atoms with E-state index < -0.39 is 34.3 Å². The van der Waals surface area contributed by atoms with Crippen molar-refractivity contribution in [1.82, 2.24) is 5.32 Å². The molecule has 1 aliphatic rings. The molecule has 5 heteroatoms. The van der Waals surface area contributed by atoms with Crippen molar-refractivity contribution in [3.05, 3.63) is 35.1 Å². The fourth-order valence-electron chi connectivity index (χ4n) is 2.09. The summed E-state index contributed by atoms with van der Waals surface area (Å²) in [6.07, 6.45) is 1.36. The molecule has 1 fully saturated rings. The second kappa shape index (κ2) is 4.14. The van der Waals surface area contributed by atoms with Crippen molar-refractivity contribution in [2.45, 2.75) is 25.3 Å². The van der Waals surface area contributed by atoms with Gasteiger partial charge in [-0.2, -0.15) is 0 Å². The molecule has 0 spiro atoms. The van der Waals surface area contributed by atoms with Crippen LogP contribution in [0.2, 0.25) is 0 Å². The van der Waals surface area contributed by atoms with Crippen LogP contribution >= 0.6 is 0 Å². The first-order valence-electron chi connectivity index (χ1n) is 5.39. The van der Waals surface area contributed by atoms with Gasteiger partial charge in [0.2, 0.25) is 0 Å². The Bertz CT molecular complexity index is 467. The standard InChI is InChI=1S/C12H12F3NO/c1-12(5-2-6-16-12)11(17)7-3-4-8(13)10(15)9(7)14/h3-4,16H,2,5-6H2,1H3. The first kappa shape index (κ1) is 12.1. The number of hydrogen-bond acceptors (Lipinski definition) is 2. The average molecular weight is 243 g/mol. The third-order valence-electron chi connectivity index (χ3n) is 3.15. The molecule has 1 aliphatic heterocycles. The van der Waals surface area contributed by atoms with Gasteiger partial charge in [-0.1, -0.05) is 0 Å². The first-order valence-corrected chi connectivity index (χ1v) is 5.39. The highest BCUT2D eigenvalue weighted by atomic mass is 19.2. The highest BCUT2D eigenvalue weighted by Gasteiger charge is 2.38. The zero-order valence-corrected chi connectivity index (χ0v) is 9.32. The summed E-state index contributed by atoms with van der Waals surface area (Å²) in [5.74, 6) is -4.84. The molecule has 92 valence electrons. The van der Waals surface area contributed by atoms with Gasteiger partial charge in [0, 0.05) is 0 Å². The summed E-state index contributed by atoms with van der Waals surface area (Å²) in [6.45, 7) is 2.30. The molecule has 1 unspecified atom stereocenters. The molecule has 2 rings (SSSR count). The van der Waals surface area contributed by atoms with Gasteiger partial charge >= 0.3 is 0 Å². The molecule has 1 aromatic carbocycles. The van der Waals surface area contributed by atoms with Crippen LogP contribution in [0.4, 0.5) is 13.2 Å². The van der Waals surface area contributed by atoms with Crippen LogP contribution in [-0.2, 0) is 0 Å². The predicted molar refractivity (Wildman–Crippen MR) is 56.3 cm³/mol. The van der Waals surface area contributed by atoms with E-state index in [1.165, 1.54) is 0 Å². The number of nitrogens with one attached hydrogen (secondary N) is 1. The lowest BCUT2D eigenvalue weighted by atomic mass is 9.89. The SMILES string of the molecule is CC1(C(=O)c2ccc(F)c(F)c2F)CCCN1. The molecule has 0 saturated carbocycles. The van der Waals surface area contributed by atoms with Crippen molar-refractivity contribution < 1.29 is 18.0 Å². The molecule has 0 amide bonds. The zero-order chi connectivity index (χ0) is 12.6. The lowest BCUT2D eigenvalue weighted by Crippen LogP contribution is -2.44. The molecule has 1 N–H and O–H groups in total. The molecule has 0 aliphatic carbocycles. The van der Waals surface area contributed by atoms with Gasteiger partial charge in [-0.05, 0) is 38.4 Å². The Balaban J connectivity index is 2.41. The van der Waals surface area contributed by atoms with E-state index in [4.69, 9.17) is 0 Å². The second-order valence-electron chi connectivity index (χ2n) is 4.41. The van der Waals surface area contributed by atoms with Gasteiger partial charge in [-0.3, -0.25) is 4.79 Å². The number of rotatable bonds is 2. The smallest absolute Gasteiger partial charge is 0.195 e. The second-order valence-corrected chi connectivity index (χ2v) is 4.41. The lowest BCUT2D eigenvalue weighted by molar-refractivity contribution is 0.0878. The van der Waals surface area contributed by atoms with Crippen LogP contribution in [0.3, 0.4) is 0 Å². The average Bonchev–Trinajstić information content (AvgIpc) is 2.74. The highest BCUT2D eigenvalue weighted by molar-refractivity contribution is 6.03. The molecular formula is C12H12F3NO. The maximum Gasteiger partial charge on any atom is 0.195 e. The Labute approximate surface area is 96.8 Å². The summed E-state index contributed by atoms with van der Waals surface area (Å²) in [6, 6.07) is 1.76. The van der Waals surface area contributed by atoms with Crippen molar-refractivity contribution in [2.75, 3.05) is 6.54 Å². The van der Waals surface area contributed by atoms with Crippen LogP contribution in [0, 0.1) is 17.5 Å². The van der Waals surface area contributed by atoms with Crippen LogP contribution in [0.15, 0.2) is 12.1 Å². The minimum absolute atomic E-state index is 0.402. The van der Waals surface area contributed by atoms with E-state index in [9.17, 15) is 18.0 Å². The number of Topliss-reactive ketones (excluding diaryl/α,β-unsaturated/α-hetero) is 1. The number of hydrogen-bond donors (Lipinski definition) is 1. The van der Waals surface area contributed by atoms with Gasteiger partial charge in [0.1, 0.15) is 0 Å². The fourth-order valence-corrected chi connectivity index (χ4v) is 2.09. The van der Waals surface area contributed by atoms with E-state index in [0.717, 1.165) is 18.6 Å². The van der Waals surface area contributed by atoms with Gasteiger partial charge < -0.3 is 5.32 Å². The molecule has 17 heavy (non-hydrogen) atoms. The molecule has 1 saturated heterocycles. The Kier molecular flexibility index (Phi) is 2.95. The molecule has 0 radical (unpaired) electrons. The number of halogens is 3. The molecule has 2 nitrogen and oxygen atoms in total. The molecule has 1 aromatic rings. The first-order chi connectivity index (χ1) is 7.96. The van der Waals surface area contributed by atoms with Crippen molar-refractivity contribution in [2.24, 2.45) is 0 Å². The molecule has 0 aromatic heterocycles.